The fourth-order valence-corrected chi connectivity index (χ4v) is 19.0. The predicted octanol–water partition coefficient (Wildman–Crippen LogP) is 13.6. The molecule has 4 N–H and O–H groups in total. The molecule has 6 heteroatoms. The molecule has 0 radical (unpaired) electrons. The van der Waals surface area contributed by atoms with Gasteiger partial charge >= 0.3 is 0 Å². The number of furan rings is 1. The van der Waals surface area contributed by atoms with E-state index in [9.17, 15) is 0 Å². The van der Waals surface area contributed by atoms with Crippen LogP contribution >= 0.6 is 10.0 Å². The zero-order valence-corrected chi connectivity index (χ0v) is 42.6. The van der Waals surface area contributed by atoms with Crippen molar-refractivity contribution < 1.29 is 15.1 Å². The van der Waals surface area contributed by atoms with E-state index in [1.807, 2.05) is 0 Å². The van der Waals surface area contributed by atoms with Gasteiger partial charge in [-0.25, -0.2) is 10.0 Å². The van der Waals surface area contributed by atoms with Crippen LogP contribution in [0.15, 0.2) is 228 Å². The molecule has 2 bridgehead atoms. The quantitative estimate of drug-likeness (QED) is 0.118. The molecule has 1 saturated heterocycles. The zero-order valence-electron chi connectivity index (χ0n) is 41.8. The number of quaternary nitrogens is 2. The molecule has 2 aromatic heterocycles. The van der Waals surface area contributed by atoms with Gasteiger partial charge in [-0.1, -0.05) is 160 Å². The minimum atomic E-state index is -1.28. The third-order valence-corrected chi connectivity index (χ3v) is 22.7. The molecule has 360 valence electrons. The van der Waals surface area contributed by atoms with Crippen LogP contribution in [-0.2, 0) is 5.75 Å². The number of likely N-dealkylation sites (tertiary alicyclic amines) is 1. The second kappa shape index (κ2) is 16.3. The number of para-hydroxylation sites is 3. The maximum atomic E-state index is 6.32. The van der Waals surface area contributed by atoms with Gasteiger partial charge in [0, 0.05) is 66.7 Å². The van der Waals surface area contributed by atoms with Crippen molar-refractivity contribution in [2.45, 2.75) is 67.0 Å². The minimum absolute atomic E-state index is 0.0536. The summed E-state index contributed by atoms with van der Waals surface area (Å²) in [5, 5.41) is 10.7. The highest BCUT2D eigenvalue weighted by atomic mass is 32.3. The molecule has 4 heterocycles. The van der Waals surface area contributed by atoms with Gasteiger partial charge in [0.05, 0.1) is 16.6 Å². The molecule has 0 amide bonds. The number of rotatable bonds is 8. The second-order valence-corrected chi connectivity index (χ2v) is 26.1. The van der Waals surface area contributed by atoms with Crippen LogP contribution in [0.25, 0.3) is 55.0 Å². The van der Waals surface area contributed by atoms with E-state index in [4.69, 9.17) is 4.42 Å². The predicted molar refractivity (Wildman–Crippen MR) is 302 cm³/mol. The molecule has 7 aromatic carbocycles. The van der Waals surface area contributed by atoms with Gasteiger partial charge in [-0.2, -0.15) is 4.90 Å². The van der Waals surface area contributed by atoms with Gasteiger partial charge in [0.25, 0.3) is 6.29 Å². The van der Waals surface area contributed by atoms with Crippen molar-refractivity contribution in [2.75, 3.05) is 6.26 Å². The van der Waals surface area contributed by atoms with Crippen LogP contribution in [0.1, 0.15) is 55.0 Å². The molecule has 10 atom stereocenters. The molecule has 15 rings (SSSR count). The summed E-state index contributed by atoms with van der Waals surface area (Å²) < 4.78 is 8.81. The first-order valence-electron chi connectivity index (χ1n) is 26.6. The minimum Gasteiger partial charge on any atom is -0.456 e. The third kappa shape index (κ3) is 6.47. The summed E-state index contributed by atoms with van der Waals surface area (Å²) in [5.74, 6) is 2.12. The highest BCUT2D eigenvalue weighted by molar-refractivity contribution is 8.33. The molecule has 1 spiro atoms. The number of allylic oxidation sites excluding steroid dienone is 6. The van der Waals surface area contributed by atoms with Crippen molar-refractivity contribution in [1.82, 2.24) is 9.47 Å². The Morgan fingerprint density at radius 3 is 2.30 bits per heavy atom. The van der Waals surface area contributed by atoms with Crippen molar-refractivity contribution in [3.63, 3.8) is 0 Å². The molecule has 4 aliphatic carbocycles. The van der Waals surface area contributed by atoms with Crippen molar-refractivity contribution in [2.24, 2.45) is 22.7 Å². The molecule has 6 aliphatic rings. The molecule has 73 heavy (non-hydrogen) atoms. The summed E-state index contributed by atoms with van der Waals surface area (Å²) in [6.07, 6.45) is 27.6. The van der Waals surface area contributed by atoms with Gasteiger partial charge in [-0.3, -0.25) is 10.6 Å². The molecule has 1 saturated carbocycles. The van der Waals surface area contributed by atoms with Gasteiger partial charge in [-0.05, 0) is 125 Å². The highest BCUT2D eigenvalue weighted by Crippen LogP contribution is 2.69. The Kier molecular flexibility index (Phi) is 9.73. The highest BCUT2D eigenvalue weighted by Gasteiger charge is 2.71. The van der Waals surface area contributed by atoms with Crippen LogP contribution in [0.5, 0.6) is 0 Å². The first-order valence-corrected chi connectivity index (χ1v) is 28.9. The van der Waals surface area contributed by atoms with Gasteiger partial charge in [0.15, 0.2) is 0 Å². The lowest BCUT2D eigenvalue weighted by Crippen LogP contribution is -3.15. The zero-order chi connectivity index (χ0) is 48.6. The SMILES string of the molecule is CC1C=CC=CC1S(C)(Cc1ccc2c(c1)c1cc(C3=CC4(C)C(C=C3)N(C3[NH2+]c5ccccc5C(c5ccc6oc7ccccc7c6c5)[NH2+]3)C3CC5C=CC34C5)ccc1n2-c1ccccc1)c1ccccc1. The van der Waals surface area contributed by atoms with E-state index in [2.05, 4.69) is 259 Å². The molecule has 5 nitrogen and oxygen atoms in total. The average molecular weight is 971 g/mol. The van der Waals surface area contributed by atoms with Crippen LogP contribution < -0.4 is 10.6 Å². The van der Waals surface area contributed by atoms with E-state index in [0.717, 1.165) is 16.9 Å². The second-order valence-electron chi connectivity index (χ2n) is 22.5. The number of aromatic nitrogens is 1. The Bertz CT molecular complexity index is 3860. The van der Waals surface area contributed by atoms with E-state index in [-0.39, 0.29) is 29.2 Å². The van der Waals surface area contributed by atoms with Crippen molar-refractivity contribution in [3.8, 4) is 5.69 Å². The average Bonchev–Trinajstić information content (AvgIpc) is 4.29. The Balaban J connectivity index is 0.821. The molecule has 2 fully saturated rings. The van der Waals surface area contributed by atoms with Gasteiger partial charge in [0.1, 0.15) is 22.9 Å². The summed E-state index contributed by atoms with van der Waals surface area (Å²) in [6.45, 7) is 5.01. The lowest BCUT2D eigenvalue weighted by Gasteiger charge is -2.45. The van der Waals surface area contributed by atoms with Crippen molar-refractivity contribution in [3.05, 3.63) is 241 Å². The fraction of sp³-hybridized carbons (Fsp3) is 0.224. The van der Waals surface area contributed by atoms with E-state index in [1.165, 1.54) is 89.5 Å². The van der Waals surface area contributed by atoms with E-state index in [1.54, 1.807) is 0 Å². The number of benzene rings is 7. The van der Waals surface area contributed by atoms with Crippen LogP contribution in [0.3, 0.4) is 0 Å². The summed E-state index contributed by atoms with van der Waals surface area (Å²) in [4.78, 5) is 4.43. The van der Waals surface area contributed by atoms with E-state index >= 15 is 0 Å². The number of nitrogens with zero attached hydrogens (tertiary/aromatic N) is 2. The first kappa shape index (κ1) is 43.6. The monoisotopic (exact) mass is 970 g/mol. The van der Waals surface area contributed by atoms with Gasteiger partial charge < -0.3 is 8.98 Å². The largest absolute Gasteiger partial charge is 0.456 e. The lowest BCUT2D eigenvalue weighted by atomic mass is 9.60. The first-order chi connectivity index (χ1) is 35.8. The topological polar surface area (TPSA) is 54.5 Å². The molecule has 2 aliphatic heterocycles. The van der Waals surface area contributed by atoms with Gasteiger partial charge in [-0.15, -0.1) is 0 Å². The summed E-state index contributed by atoms with van der Waals surface area (Å²) in [6, 6.07) is 62.4. The molecule has 10 unspecified atom stereocenters. The maximum absolute atomic E-state index is 6.32. The number of nitrogens with two attached hydrogens (primary N) is 2. The number of hydrogen-bond acceptors (Lipinski definition) is 2. The van der Waals surface area contributed by atoms with Crippen LogP contribution in [-0.4, -0.2) is 39.3 Å². The third-order valence-electron chi connectivity index (χ3n) is 18.6. The Labute approximate surface area is 429 Å². The van der Waals surface area contributed by atoms with Crippen LogP contribution in [0, 0.1) is 22.7 Å². The Morgan fingerprint density at radius 2 is 1.45 bits per heavy atom. The molecular weight excluding hydrogens is 909 g/mol. The normalized spacial score (nSPS) is 29.2. The Morgan fingerprint density at radius 1 is 0.699 bits per heavy atom. The van der Waals surface area contributed by atoms with E-state index < -0.39 is 10.0 Å². The Hall–Kier alpha value is -6.93. The number of fused-ring (bicyclic) bond motifs is 9. The van der Waals surface area contributed by atoms with Crippen LogP contribution in [0.2, 0.25) is 0 Å². The summed E-state index contributed by atoms with van der Waals surface area (Å²) in [7, 11) is -1.28. The maximum Gasteiger partial charge on any atom is 0.279 e. The van der Waals surface area contributed by atoms with Crippen LogP contribution in [0.4, 0.5) is 5.69 Å². The van der Waals surface area contributed by atoms with Gasteiger partial charge in [0.2, 0.25) is 0 Å². The van der Waals surface area contributed by atoms with Crippen molar-refractivity contribution >= 4 is 65.0 Å². The molecular formula is C67H62N4OS+2. The smallest absolute Gasteiger partial charge is 0.279 e. The molecule has 9 aromatic rings. The standard InChI is InChI=1S/C67H60N4OS/c1-43-16-10-15-25-61(43)73(3,50-19-8-5-9-20-50)42-45-26-30-57-53(36-45)54-38-46(27-31-58(54)70(57)49-17-6-4-7-18-49)48-29-33-62-66(2,41-48)67-35-34-44(40-67)37-63(67)71(62)65-68-56-23-13-11-22-52(56)64(69-65)47-28-32-60-55(39-47)51-21-12-14-24-59(51)72-60/h4-36,38-39,41,43-44,61-65,68-69H,37,40,42H2,1-3H3/p+2. The van der Waals surface area contributed by atoms with Crippen molar-refractivity contribution in [1.29, 1.82) is 0 Å². The summed E-state index contributed by atoms with van der Waals surface area (Å²) in [5.41, 5.74) is 13.6. The summed E-state index contributed by atoms with van der Waals surface area (Å²) >= 11 is 0. The lowest BCUT2D eigenvalue weighted by molar-refractivity contribution is -0.920. The number of hydrogen-bond donors (Lipinski definition) is 2. The fourth-order valence-electron chi connectivity index (χ4n) is 15.2. The van der Waals surface area contributed by atoms with E-state index in [0.29, 0.717) is 23.1 Å².